The molecule has 1 heterocycles. The number of nitrogens with zero attached hydrogens (tertiary/aromatic N) is 2. The molecule has 142 valence electrons. The number of carbonyl (C=O) groups excluding carboxylic acids is 1. The highest BCUT2D eigenvalue weighted by Gasteiger charge is 2.23. The number of aromatic nitrogens is 1. The summed E-state index contributed by atoms with van der Waals surface area (Å²) >= 11 is 0. The average Bonchev–Trinajstić information content (AvgIpc) is 2.73. The number of amides is 1. The number of methoxy groups -OCH3 is 1. The zero-order valence-electron chi connectivity index (χ0n) is 16.4. The van der Waals surface area contributed by atoms with E-state index < -0.39 is 0 Å². The van der Waals surface area contributed by atoms with Crippen molar-refractivity contribution in [3.05, 3.63) is 101 Å². The Morgan fingerprint density at radius 2 is 1.82 bits per heavy atom. The van der Waals surface area contributed by atoms with E-state index in [0.717, 1.165) is 28.1 Å². The zero-order valence-corrected chi connectivity index (χ0v) is 16.4. The predicted molar refractivity (Wildman–Crippen MR) is 112 cm³/mol. The van der Waals surface area contributed by atoms with Gasteiger partial charge in [0.2, 0.25) is 5.91 Å². The minimum absolute atomic E-state index is 0.108. The molecule has 4 nitrogen and oxygen atoms in total. The van der Waals surface area contributed by atoms with E-state index in [0.29, 0.717) is 0 Å². The van der Waals surface area contributed by atoms with E-state index in [-0.39, 0.29) is 11.9 Å². The van der Waals surface area contributed by atoms with Gasteiger partial charge in [0.1, 0.15) is 5.75 Å². The highest BCUT2D eigenvalue weighted by molar-refractivity contribution is 5.92. The summed E-state index contributed by atoms with van der Waals surface area (Å²) < 4.78 is 5.39. The minimum Gasteiger partial charge on any atom is -0.496 e. The second-order valence-corrected chi connectivity index (χ2v) is 6.60. The van der Waals surface area contributed by atoms with Gasteiger partial charge in [0.25, 0.3) is 0 Å². The number of likely N-dealkylation sites (N-methyl/N-ethyl adjacent to an activating group) is 1. The van der Waals surface area contributed by atoms with Crippen LogP contribution in [-0.4, -0.2) is 29.9 Å². The van der Waals surface area contributed by atoms with Crippen LogP contribution in [0.3, 0.4) is 0 Å². The third-order valence-corrected chi connectivity index (χ3v) is 4.61. The van der Waals surface area contributed by atoms with Crippen molar-refractivity contribution in [3.8, 4) is 5.75 Å². The smallest absolute Gasteiger partial charge is 0.247 e. The first kappa shape index (κ1) is 19.4. The minimum atomic E-state index is -0.265. The molecule has 1 amide bonds. The molecule has 0 saturated heterocycles. The van der Waals surface area contributed by atoms with E-state index in [1.807, 2.05) is 73.7 Å². The third-order valence-electron chi connectivity index (χ3n) is 4.61. The summed E-state index contributed by atoms with van der Waals surface area (Å²) in [5, 5.41) is 0. The average molecular weight is 372 g/mol. The Bertz CT molecular complexity index is 913. The Morgan fingerprint density at radius 1 is 1.07 bits per heavy atom. The van der Waals surface area contributed by atoms with Gasteiger partial charge >= 0.3 is 0 Å². The fourth-order valence-electron chi connectivity index (χ4n) is 3.16. The summed E-state index contributed by atoms with van der Waals surface area (Å²) in [5.74, 6) is 0.629. The van der Waals surface area contributed by atoms with Crippen LogP contribution in [0.5, 0.6) is 5.75 Å². The van der Waals surface area contributed by atoms with Crippen molar-refractivity contribution in [2.45, 2.75) is 13.0 Å². The summed E-state index contributed by atoms with van der Waals surface area (Å²) in [4.78, 5) is 19.1. The van der Waals surface area contributed by atoms with Crippen LogP contribution in [0, 0.1) is 6.92 Å². The van der Waals surface area contributed by atoms with Crippen LogP contribution in [0.15, 0.2) is 79.0 Å². The molecule has 1 atom stereocenters. The van der Waals surface area contributed by atoms with Crippen molar-refractivity contribution < 1.29 is 9.53 Å². The van der Waals surface area contributed by atoms with Crippen LogP contribution < -0.4 is 4.74 Å². The Balaban J connectivity index is 1.90. The number of hydrogen-bond acceptors (Lipinski definition) is 3. The molecule has 0 fully saturated rings. The second-order valence-electron chi connectivity index (χ2n) is 6.60. The quantitative estimate of drug-likeness (QED) is 0.591. The number of pyridine rings is 1. The second kappa shape index (κ2) is 9.00. The molecular weight excluding hydrogens is 348 g/mol. The van der Waals surface area contributed by atoms with Crippen LogP contribution in [0.25, 0.3) is 6.08 Å². The molecule has 2 aromatic carbocycles. The SMILES string of the molecule is COc1ccc(C)cc1/C=C/C(=O)N(C)C(c1ccccc1)c1ccccn1. The topological polar surface area (TPSA) is 42.4 Å². The molecule has 28 heavy (non-hydrogen) atoms. The summed E-state index contributed by atoms with van der Waals surface area (Å²) in [5.41, 5.74) is 3.82. The Hall–Kier alpha value is -3.40. The van der Waals surface area contributed by atoms with Gasteiger partial charge in [0, 0.05) is 24.9 Å². The van der Waals surface area contributed by atoms with Crippen LogP contribution in [0.1, 0.15) is 28.4 Å². The van der Waals surface area contributed by atoms with E-state index in [4.69, 9.17) is 4.74 Å². The van der Waals surface area contributed by atoms with Crippen LogP contribution in [0.4, 0.5) is 0 Å². The lowest BCUT2D eigenvalue weighted by Crippen LogP contribution is -2.31. The van der Waals surface area contributed by atoms with Crippen molar-refractivity contribution >= 4 is 12.0 Å². The standard InChI is InChI=1S/C24H24N2O2/c1-18-12-14-22(28-3)20(17-18)13-15-23(27)26(2)24(19-9-5-4-6-10-19)21-11-7-8-16-25-21/h4-17,24H,1-3H3/b15-13+. The monoisotopic (exact) mass is 372 g/mol. The first-order valence-electron chi connectivity index (χ1n) is 9.15. The number of hydrogen-bond donors (Lipinski definition) is 0. The Morgan fingerprint density at radius 3 is 2.50 bits per heavy atom. The van der Waals surface area contributed by atoms with Gasteiger partial charge in [-0.05, 0) is 42.8 Å². The van der Waals surface area contributed by atoms with Gasteiger partial charge in [-0.3, -0.25) is 9.78 Å². The van der Waals surface area contributed by atoms with Crippen molar-refractivity contribution in [1.29, 1.82) is 0 Å². The van der Waals surface area contributed by atoms with Gasteiger partial charge in [0.15, 0.2) is 0 Å². The summed E-state index contributed by atoms with van der Waals surface area (Å²) in [6.07, 6.45) is 5.12. The largest absolute Gasteiger partial charge is 0.496 e. The maximum Gasteiger partial charge on any atom is 0.247 e. The van der Waals surface area contributed by atoms with Crippen molar-refractivity contribution in [2.75, 3.05) is 14.2 Å². The van der Waals surface area contributed by atoms with E-state index in [1.54, 1.807) is 37.4 Å². The first-order chi connectivity index (χ1) is 13.6. The predicted octanol–water partition coefficient (Wildman–Crippen LogP) is 4.66. The molecule has 1 unspecified atom stereocenters. The maximum atomic E-state index is 13.0. The summed E-state index contributed by atoms with van der Waals surface area (Å²) in [7, 11) is 3.43. The van der Waals surface area contributed by atoms with Crippen molar-refractivity contribution in [3.63, 3.8) is 0 Å². The molecule has 0 N–H and O–H groups in total. The molecule has 0 aliphatic carbocycles. The highest BCUT2D eigenvalue weighted by Crippen LogP contribution is 2.27. The summed E-state index contributed by atoms with van der Waals surface area (Å²) in [6, 6.07) is 21.3. The zero-order chi connectivity index (χ0) is 19.9. The molecule has 0 radical (unpaired) electrons. The normalized spacial score (nSPS) is 12.0. The fourth-order valence-corrected chi connectivity index (χ4v) is 3.16. The van der Waals surface area contributed by atoms with E-state index >= 15 is 0 Å². The number of carbonyl (C=O) groups is 1. The van der Waals surface area contributed by atoms with Gasteiger partial charge in [-0.25, -0.2) is 0 Å². The highest BCUT2D eigenvalue weighted by atomic mass is 16.5. The first-order valence-corrected chi connectivity index (χ1v) is 9.15. The van der Waals surface area contributed by atoms with E-state index in [9.17, 15) is 4.79 Å². The third kappa shape index (κ3) is 4.46. The Labute approximate surface area is 166 Å². The van der Waals surface area contributed by atoms with Crippen LogP contribution in [-0.2, 0) is 4.79 Å². The molecule has 0 bridgehead atoms. The molecular formula is C24H24N2O2. The molecule has 0 saturated carbocycles. The molecule has 0 spiro atoms. The van der Waals surface area contributed by atoms with Crippen LogP contribution >= 0.6 is 0 Å². The molecule has 3 aromatic rings. The number of ether oxygens (including phenoxy) is 1. The lowest BCUT2D eigenvalue weighted by molar-refractivity contribution is -0.126. The number of aryl methyl sites for hydroxylation is 1. The van der Waals surface area contributed by atoms with E-state index in [1.165, 1.54) is 0 Å². The lowest BCUT2D eigenvalue weighted by atomic mass is 10.0. The Kier molecular flexibility index (Phi) is 6.22. The van der Waals surface area contributed by atoms with Crippen molar-refractivity contribution in [2.24, 2.45) is 0 Å². The molecule has 3 rings (SSSR count). The van der Waals surface area contributed by atoms with Gasteiger partial charge in [-0.15, -0.1) is 0 Å². The van der Waals surface area contributed by atoms with E-state index in [2.05, 4.69) is 4.98 Å². The van der Waals surface area contributed by atoms with Gasteiger partial charge in [-0.2, -0.15) is 0 Å². The van der Waals surface area contributed by atoms with Gasteiger partial charge < -0.3 is 9.64 Å². The molecule has 0 aliphatic rings. The van der Waals surface area contributed by atoms with Crippen molar-refractivity contribution in [1.82, 2.24) is 9.88 Å². The lowest BCUT2D eigenvalue weighted by Gasteiger charge is -2.27. The van der Waals surface area contributed by atoms with Gasteiger partial charge in [0.05, 0.1) is 18.8 Å². The number of benzene rings is 2. The molecule has 0 aliphatic heterocycles. The number of rotatable bonds is 6. The summed E-state index contributed by atoms with van der Waals surface area (Å²) in [6.45, 7) is 2.01. The maximum absolute atomic E-state index is 13.0. The van der Waals surface area contributed by atoms with Crippen LogP contribution in [0.2, 0.25) is 0 Å². The molecule has 1 aromatic heterocycles. The van der Waals surface area contributed by atoms with Gasteiger partial charge in [-0.1, -0.05) is 48.0 Å². The molecule has 4 heteroatoms. The fraction of sp³-hybridized carbons (Fsp3) is 0.167.